The lowest BCUT2D eigenvalue weighted by molar-refractivity contribution is 0.290. The highest BCUT2D eigenvalue weighted by Crippen LogP contribution is 2.23. The number of allylic oxidation sites excluding steroid dienone is 2. The molecule has 0 radical (unpaired) electrons. The summed E-state index contributed by atoms with van der Waals surface area (Å²) in [6.07, 6.45) is 3.24. The zero-order valence-electron chi connectivity index (χ0n) is 12.3. The summed E-state index contributed by atoms with van der Waals surface area (Å²) >= 11 is 0. The summed E-state index contributed by atoms with van der Waals surface area (Å²) in [5.41, 5.74) is 0.389. The van der Waals surface area contributed by atoms with E-state index in [1.165, 1.54) is 12.1 Å². The first kappa shape index (κ1) is 16.5. The molecule has 0 atom stereocenters. The molecule has 0 saturated heterocycles. The second-order valence-corrected chi connectivity index (χ2v) is 4.51. The lowest BCUT2D eigenvalue weighted by Gasteiger charge is -2.09. The molecule has 0 aliphatic carbocycles. The molecule has 0 aliphatic rings. The van der Waals surface area contributed by atoms with E-state index in [1.807, 2.05) is 0 Å². The summed E-state index contributed by atoms with van der Waals surface area (Å²) in [5, 5.41) is 29.0. The zero-order chi connectivity index (χ0) is 17.4. The number of benzene rings is 1. The Hall–Kier alpha value is -3.89. The first-order chi connectivity index (χ1) is 11.7. The molecule has 1 aromatic carbocycles. The average Bonchev–Trinajstić information content (AvgIpc) is 2.62. The van der Waals surface area contributed by atoms with E-state index in [9.17, 15) is 4.39 Å². The van der Waals surface area contributed by atoms with Crippen LogP contribution in [-0.2, 0) is 6.61 Å². The predicted molar refractivity (Wildman–Crippen MR) is 82.5 cm³/mol. The Bertz CT molecular complexity index is 872. The van der Waals surface area contributed by atoms with Crippen LogP contribution in [0.1, 0.15) is 5.56 Å². The molecule has 1 aromatic heterocycles. The lowest BCUT2D eigenvalue weighted by atomic mass is 10.2. The number of pyridine rings is 1. The number of ether oxygens (including phenoxy) is 1. The van der Waals surface area contributed by atoms with Gasteiger partial charge in [0.05, 0.1) is 0 Å². The van der Waals surface area contributed by atoms with Crippen LogP contribution < -0.4 is 10.1 Å². The van der Waals surface area contributed by atoms with Crippen molar-refractivity contribution in [3.05, 3.63) is 65.4 Å². The van der Waals surface area contributed by atoms with Crippen molar-refractivity contribution in [3.63, 3.8) is 0 Å². The van der Waals surface area contributed by atoms with E-state index in [0.717, 1.165) is 11.6 Å². The highest BCUT2D eigenvalue weighted by Gasteiger charge is 2.09. The number of nitrogens with zero attached hydrogens (tertiary/aromatic N) is 4. The van der Waals surface area contributed by atoms with E-state index in [1.54, 1.807) is 42.7 Å². The van der Waals surface area contributed by atoms with Crippen molar-refractivity contribution in [2.75, 3.05) is 5.32 Å². The molecular formula is C17H10FN5O. The summed E-state index contributed by atoms with van der Waals surface area (Å²) in [6.45, 7) is 0.161. The molecule has 0 fully saturated rings. The number of aromatic nitrogens is 1. The molecule has 0 bridgehead atoms. The van der Waals surface area contributed by atoms with E-state index in [0.29, 0.717) is 0 Å². The summed E-state index contributed by atoms with van der Waals surface area (Å²) < 4.78 is 19.4. The Kier molecular flexibility index (Phi) is 5.45. The van der Waals surface area contributed by atoms with E-state index in [-0.39, 0.29) is 29.3 Å². The molecule has 1 N–H and O–H groups in total. The minimum absolute atomic E-state index is 0.0349. The maximum absolute atomic E-state index is 14.1. The molecule has 6 nitrogen and oxygen atoms in total. The van der Waals surface area contributed by atoms with Crippen LogP contribution in [0.25, 0.3) is 0 Å². The SMILES string of the molecule is N#CC(C#N)=C(C#N)Nc1ccc(OCc2cccnc2)c(F)c1. The molecule has 0 saturated carbocycles. The van der Waals surface area contributed by atoms with Gasteiger partial charge in [0.1, 0.15) is 30.5 Å². The lowest BCUT2D eigenvalue weighted by Crippen LogP contribution is -2.02. The third-order valence-electron chi connectivity index (χ3n) is 2.90. The molecule has 0 unspecified atom stereocenters. The van der Waals surface area contributed by atoms with Crippen LogP contribution in [0.5, 0.6) is 5.75 Å². The van der Waals surface area contributed by atoms with Crippen LogP contribution in [0.4, 0.5) is 10.1 Å². The number of nitriles is 3. The van der Waals surface area contributed by atoms with Crippen LogP contribution in [0.15, 0.2) is 54.0 Å². The quantitative estimate of drug-likeness (QED) is 0.849. The Morgan fingerprint density at radius 3 is 2.54 bits per heavy atom. The standard InChI is InChI=1S/C17H10FN5O/c18-15-6-14(23-16(9-21)13(7-19)8-20)3-4-17(15)24-11-12-2-1-5-22-10-12/h1-6,10,23H,11H2. The van der Waals surface area contributed by atoms with Gasteiger partial charge in [-0.3, -0.25) is 4.98 Å². The van der Waals surface area contributed by atoms with Gasteiger partial charge in [-0.25, -0.2) is 4.39 Å². The zero-order valence-corrected chi connectivity index (χ0v) is 12.3. The smallest absolute Gasteiger partial charge is 0.167 e. The molecule has 2 rings (SSSR count). The number of anilines is 1. The van der Waals surface area contributed by atoms with E-state index in [2.05, 4.69) is 10.3 Å². The van der Waals surface area contributed by atoms with Crippen LogP contribution in [0.2, 0.25) is 0 Å². The number of nitrogens with one attached hydrogen (secondary N) is 1. The van der Waals surface area contributed by atoms with Crippen LogP contribution >= 0.6 is 0 Å². The summed E-state index contributed by atoms with van der Waals surface area (Å²) in [6, 6.07) is 12.4. The summed E-state index contributed by atoms with van der Waals surface area (Å²) in [4.78, 5) is 3.94. The largest absolute Gasteiger partial charge is 0.486 e. The van der Waals surface area contributed by atoms with E-state index in [4.69, 9.17) is 20.5 Å². The monoisotopic (exact) mass is 319 g/mol. The maximum atomic E-state index is 14.1. The van der Waals surface area contributed by atoms with Crippen molar-refractivity contribution < 1.29 is 9.13 Å². The van der Waals surface area contributed by atoms with Crippen LogP contribution in [0.3, 0.4) is 0 Å². The average molecular weight is 319 g/mol. The van der Waals surface area contributed by atoms with Crippen molar-refractivity contribution in [1.29, 1.82) is 15.8 Å². The second-order valence-electron chi connectivity index (χ2n) is 4.51. The predicted octanol–water partition coefficient (Wildman–Crippen LogP) is 3.04. The Morgan fingerprint density at radius 1 is 1.17 bits per heavy atom. The van der Waals surface area contributed by atoms with E-state index >= 15 is 0 Å². The third-order valence-corrected chi connectivity index (χ3v) is 2.90. The number of rotatable bonds is 5. The third kappa shape index (κ3) is 4.07. The highest BCUT2D eigenvalue weighted by molar-refractivity contribution is 5.59. The number of halogens is 1. The number of hydrogen-bond donors (Lipinski definition) is 1. The molecule has 0 amide bonds. The fraction of sp³-hybridized carbons (Fsp3) is 0.0588. The number of hydrogen-bond acceptors (Lipinski definition) is 6. The van der Waals surface area contributed by atoms with Gasteiger partial charge in [-0.1, -0.05) is 6.07 Å². The first-order valence-corrected chi connectivity index (χ1v) is 6.70. The van der Waals surface area contributed by atoms with Gasteiger partial charge in [-0.05, 0) is 18.2 Å². The fourth-order valence-electron chi connectivity index (χ4n) is 1.77. The van der Waals surface area contributed by atoms with Crippen molar-refractivity contribution in [2.24, 2.45) is 0 Å². The molecule has 2 aromatic rings. The first-order valence-electron chi connectivity index (χ1n) is 6.70. The minimum atomic E-state index is -0.642. The molecular weight excluding hydrogens is 309 g/mol. The van der Waals surface area contributed by atoms with Crippen molar-refractivity contribution in [3.8, 4) is 24.0 Å². The van der Waals surface area contributed by atoms with Gasteiger partial charge in [0.15, 0.2) is 17.1 Å². The normalized spacial score (nSPS) is 9.08. The molecule has 116 valence electrons. The van der Waals surface area contributed by atoms with Crippen molar-refractivity contribution >= 4 is 5.69 Å². The molecule has 0 spiro atoms. The van der Waals surface area contributed by atoms with Crippen molar-refractivity contribution in [1.82, 2.24) is 4.98 Å². The van der Waals surface area contributed by atoms with E-state index < -0.39 is 5.82 Å². The summed E-state index contributed by atoms with van der Waals surface area (Å²) in [7, 11) is 0. The second kappa shape index (κ2) is 7.93. The van der Waals surface area contributed by atoms with Gasteiger partial charge < -0.3 is 10.1 Å². The molecule has 1 heterocycles. The minimum Gasteiger partial charge on any atom is -0.486 e. The maximum Gasteiger partial charge on any atom is 0.167 e. The van der Waals surface area contributed by atoms with Gasteiger partial charge >= 0.3 is 0 Å². The van der Waals surface area contributed by atoms with Gasteiger partial charge in [0.2, 0.25) is 0 Å². The van der Waals surface area contributed by atoms with Crippen LogP contribution in [0, 0.1) is 39.8 Å². The molecule has 7 heteroatoms. The topological polar surface area (TPSA) is 106 Å². The summed E-state index contributed by atoms with van der Waals surface area (Å²) in [5.74, 6) is -0.607. The molecule has 24 heavy (non-hydrogen) atoms. The van der Waals surface area contributed by atoms with Gasteiger partial charge in [-0.2, -0.15) is 15.8 Å². The van der Waals surface area contributed by atoms with Gasteiger partial charge in [0.25, 0.3) is 0 Å². The molecule has 0 aliphatic heterocycles. The highest BCUT2D eigenvalue weighted by atomic mass is 19.1. The fourth-order valence-corrected chi connectivity index (χ4v) is 1.77. The van der Waals surface area contributed by atoms with Gasteiger partial charge in [0, 0.05) is 29.7 Å². The van der Waals surface area contributed by atoms with Gasteiger partial charge in [-0.15, -0.1) is 0 Å². The van der Waals surface area contributed by atoms with Crippen LogP contribution in [-0.4, -0.2) is 4.98 Å². The van der Waals surface area contributed by atoms with Crippen molar-refractivity contribution in [2.45, 2.75) is 6.61 Å². The Morgan fingerprint density at radius 2 is 1.96 bits per heavy atom. The Balaban J connectivity index is 2.13. The Labute approximate surface area is 137 Å².